The van der Waals surface area contributed by atoms with Crippen LogP contribution in [0.3, 0.4) is 0 Å². The fourth-order valence-electron chi connectivity index (χ4n) is 3.41. The molecule has 0 N–H and O–H groups in total. The van der Waals surface area contributed by atoms with Crippen LogP contribution in [0.25, 0.3) is 0 Å². The molecule has 1 aromatic rings. The van der Waals surface area contributed by atoms with E-state index < -0.39 is 0 Å². The summed E-state index contributed by atoms with van der Waals surface area (Å²) >= 11 is 0. The maximum absolute atomic E-state index is 12.3. The van der Waals surface area contributed by atoms with Gasteiger partial charge in [0.1, 0.15) is 0 Å². The van der Waals surface area contributed by atoms with Crippen molar-refractivity contribution in [2.24, 2.45) is 5.92 Å². The highest BCUT2D eigenvalue weighted by atomic mass is 16.2. The van der Waals surface area contributed by atoms with E-state index in [-0.39, 0.29) is 0 Å². The zero-order valence-electron chi connectivity index (χ0n) is 15.5. The molecule has 0 spiro atoms. The Balaban J connectivity index is 1.62. The van der Waals surface area contributed by atoms with Crippen molar-refractivity contribution in [2.75, 3.05) is 13.1 Å². The highest BCUT2D eigenvalue weighted by molar-refractivity contribution is 5.76. The van der Waals surface area contributed by atoms with Crippen molar-refractivity contribution < 1.29 is 4.79 Å². The van der Waals surface area contributed by atoms with Crippen LogP contribution in [0.5, 0.6) is 0 Å². The number of unbranched alkanes of at least 4 members (excludes halogenated alkanes) is 3. The molecule has 1 aliphatic rings. The van der Waals surface area contributed by atoms with Crippen LogP contribution < -0.4 is 0 Å². The molecular weight excluding hydrogens is 300 g/mol. The van der Waals surface area contributed by atoms with Crippen LogP contribution in [0.15, 0.2) is 6.20 Å². The lowest BCUT2D eigenvalue weighted by Crippen LogP contribution is -2.33. The summed E-state index contributed by atoms with van der Waals surface area (Å²) in [6.07, 6.45) is 13.1. The van der Waals surface area contributed by atoms with E-state index in [0.29, 0.717) is 18.2 Å². The van der Waals surface area contributed by atoms with Gasteiger partial charge in [0, 0.05) is 32.3 Å². The zero-order chi connectivity index (χ0) is 17.2. The number of carbonyl (C=O) groups excluding carboxylic acids is 1. The van der Waals surface area contributed by atoms with E-state index in [9.17, 15) is 4.79 Å². The lowest BCUT2D eigenvalue weighted by Gasteiger charge is -2.22. The van der Waals surface area contributed by atoms with E-state index in [0.717, 1.165) is 51.0 Å². The Kier molecular flexibility index (Phi) is 8.26. The molecule has 0 radical (unpaired) electrons. The Labute approximate surface area is 146 Å². The average Bonchev–Trinajstić information content (AvgIpc) is 2.90. The Bertz CT molecular complexity index is 485. The number of nitrogens with zero attached hydrogens (tertiary/aromatic N) is 4. The number of hydrogen-bond acceptors (Lipinski definition) is 3. The molecule has 0 saturated carbocycles. The van der Waals surface area contributed by atoms with E-state index in [1.807, 2.05) is 4.68 Å². The molecule has 1 amide bonds. The lowest BCUT2D eigenvalue weighted by atomic mass is 10.1. The van der Waals surface area contributed by atoms with E-state index in [2.05, 4.69) is 35.3 Å². The Hall–Kier alpha value is -1.39. The molecule has 0 aromatic carbocycles. The minimum absolute atomic E-state index is 0.336. The summed E-state index contributed by atoms with van der Waals surface area (Å²) in [5.74, 6) is 0.986. The van der Waals surface area contributed by atoms with Crippen molar-refractivity contribution in [3.63, 3.8) is 0 Å². The fourth-order valence-corrected chi connectivity index (χ4v) is 3.41. The van der Waals surface area contributed by atoms with Crippen LogP contribution in [-0.2, 0) is 17.8 Å². The second-order valence-corrected chi connectivity index (χ2v) is 7.33. The molecule has 136 valence electrons. The van der Waals surface area contributed by atoms with Crippen LogP contribution in [-0.4, -0.2) is 38.9 Å². The molecule has 1 atom stereocenters. The lowest BCUT2D eigenvalue weighted by molar-refractivity contribution is -0.131. The van der Waals surface area contributed by atoms with Gasteiger partial charge in [0.05, 0.1) is 5.69 Å². The van der Waals surface area contributed by atoms with Gasteiger partial charge < -0.3 is 4.90 Å². The van der Waals surface area contributed by atoms with E-state index in [1.54, 1.807) is 0 Å². The third-order valence-electron chi connectivity index (χ3n) is 4.91. The number of aromatic nitrogens is 3. The molecule has 2 heterocycles. The van der Waals surface area contributed by atoms with Gasteiger partial charge >= 0.3 is 0 Å². The van der Waals surface area contributed by atoms with Crippen LogP contribution in [0.1, 0.15) is 77.3 Å². The monoisotopic (exact) mass is 334 g/mol. The third kappa shape index (κ3) is 6.62. The molecule has 1 aromatic heterocycles. The molecule has 5 nitrogen and oxygen atoms in total. The van der Waals surface area contributed by atoms with Gasteiger partial charge in [-0.2, -0.15) is 0 Å². The molecular formula is C19H34N4O. The molecule has 2 rings (SSSR count). The SMILES string of the molecule is CCCCCc1cn(CCCCC(=O)N2CCCC[C@H](C)C2)nn1. The second kappa shape index (κ2) is 10.5. The Morgan fingerprint density at radius 3 is 2.96 bits per heavy atom. The highest BCUT2D eigenvalue weighted by Crippen LogP contribution is 2.17. The van der Waals surface area contributed by atoms with Crippen molar-refractivity contribution in [3.8, 4) is 0 Å². The minimum Gasteiger partial charge on any atom is -0.342 e. The fraction of sp³-hybridized carbons (Fsp3) is 0.842. The first-order chi connectivity index (χ1) is 11.7. The van der Waals surface area contributed by atoms with Crippen molar-refractivity contribution in [1.82, 2.24) is 19.9 Å². The van der Waals surface area contributed by atoms with Crippen molar-refractivity contribution in [2.45, 2.75) is 84.6 Å². The summed E-state index contributed by atoms with van der Waals surface area (Å²) in [5.41, 5.74) is 1.10. The van der Waals surface area contributed by atoms with Gasteiger partial charge in [-0.1, -0.05) is 38.3 Å². The van der Waals surface area contributed by atoms with Crippen molar-refractivity contribution in [1.29, 1.82) is 0 Å². The first kappa shape index (κ1) is 18.9. The number of hydrogen-bond donors (Lipinski definition) is 0. The molecule has 24 heavy (non-hydrogen) atoms. The number of carbonyl (C=O) groups is 1. The molecule has 1 fully saturated rings. The van der Waals surface area contributed by atoms with Crippen molar-refractivity contribution >= 4 is 5.91 Å². The van der Waals surface area contributed by atoms with Gasteiger partial charge in [0.25, 0.3) is 0 Å². The van der Waals surface area contributed by atoms with Crippen molar-refractivity contribution in [3.05, 3.63) is 11.9 Å². The zero-order valence-corrected chi connectivity index (χ0v) is 15.5. The Morgan fingerprint density at radius 2 is 2.12 bits per heavy atom. The Morgan fingerprint density at radius 1 is 1.25 bits per heavy atom. The van der Waals surface area contributed by atoms with Gasteiger partial charge in [-0.05, 0) is 44.4 Å². The molecule has 5 heteroatoms. The van der Waals surface area contributed by atoms with Crippen LogP contribution in [0.4, 0.5) is 0 Å². The van der Waals surface area contributed by atoms with E-state index in [1.165, 1.54) is 32.1 Å². The second-order valence-electron chi connectivity index (χ2n) is 7.33. The molecule has 0 bridgehead atoms. The summed E-state index contributed by atoms with van der Waals surface area (Å²) in [5, 5.41) is 8.43. The first-order valence-electron chi connectivity index (χ1n) is 9.85. The average molecular weight is 335 g/mol. The quantitative estimate of drug-likeness (QED) is 0.645. The number of aryl methyl sites for hydroxylation is 2. The molecule has 0 aliphatic carbocycles. The third-order valence-corrected chi connectivity index (χ3v) is 4.91. The predicted octanol–water partition coefficient (Wildman–Crippen LogP) is 3.83. The normalized spacial score (nSPS) is 18.6. The van der Waals surface area contributed by atoms with Crippen LogP contribution in [0.2, 0.25) is 0 Å². The molecule has 1 saturated heterocycles. The summed E-state index contributed by atoms with van der Waals surface area (Å²) < 4.78 is 1.93. The minimum atomic E-state index is 0.336. The highest BCUT2D eigenvalue weighted by Gasteiger charge is 2.18. The number of amides is 1. The number of rotatable bonds is 9. The van der Waals surface area contributed by atoms with Gasteiger partial charge in [0.15, 0.2) is 0 Å². The van der Waals surface area contributed by atoms with Gasteiger partial charge in [-0.15, -0.1) is 5.10 Å². The summed E-state index contributed by atoms with van der Waals surface area (Å²) in [6.45, 7) is 7.24. The van der Waals surface area contributed by atoms with Crippen LogP contribution >= 0.6 is 0 Å². The maximum atomic E-state index is 12.3. The van der Waals surface area contributed by atoms with Gasteiger partial charge in [-0.3, -0.25) is 9.48 Å². The number of likely N-dealkylation sites (tertiary alicyclic amines) is 1. The van der Waals surface area contributed by atoms with E-state index in [4.69, 9.17) is 0 Å². The molecule has 1 aliphatic heterocycles. The smallest absolute Gasteiger partial charge is 0.222 e. The molecule has 0 unspecified atom stereocenters. The van der Waals surface area contributed by atoms with E-state index >= 15 is 0 Å². The summed E-state index contributed by atoms with van der Waals surface area (Å²) in [4.78, 5) is 14.4. The topological polar surface area (TPSA) is 51.0 Å². The first-order valence-corrected chi connectivity index (χ1v) is 9.85. The predicted molar refractivity (Wildman–Crippen MR) is 96.7 cm³/mol. The standard InChI is InChI=1S/C19H34N4O/c1-3-4-5-11-18-16-23(21-20-18)14-9-7-12-19(24)22-13-8-6-10-17(2)15-22/h16-17H,3-15H2,1-2H3/t17-/m0/s1. The van der Waals surface area contributed by atoms with Crippen LogP contribution in [0, 0.1) is 5.92 Å². The maximum Gasteiger partial charge on any atom is 0.222 e. The summed E-state index contributed by atoms with van der Waals surface area (Å²) in [6, 6.07) is 0. The van der Waals surface area contributed by atoms with Gasteiger partial charge in [0.2, 0.25) is 5.91 Å². The van der Waals surface area contributed by atoms with Gasteiger partial charge in [-0.25, -0.2) is 0 Å². The summed E-state index contributed by atoms with van der Waals surface area (Å²) in [7, 11) is 0. The largest absolute Gasteiger partial charge is 0.342 e.